The normalized spacial score (nSPS) is 8.91. The molecule has 0 aliphatic rings. The van der Waals surface area contributed by atoms with Gasteiger partial charge in [-0.15, -0.1) is 0 Å². The van der Waals surface area contributed by atoms with Gasteiger partial charge in [0.15, 0.2) is 0 Å². The van der Waals surface area contributed by atoms with E-state index in [1.54, 1.807) is 6.20 Å². The average Bonchev–Trinajstić information content (AvgIpc) is 2.15. The van der Waals surface area contributed by atoms with Gasteiger partial charge in [0.1, 0.15) is 10.9 Å². The highest BCUT2D eigenvalue weighted by Crippen LogP contribution is 2.11. The Morgan fingerprint density at radius 3 is 2.82 bits per heavy atom. The molecule has 0 unspecified atom stereocenters. The van der Waals surface area contributed by atoms with E-state index in [4.69, 9.17) is 11.6 Å². The minimum Gasteiger partial charge on any atom is -0.300 e. The molecule has 4 heteroatoms. The summed E-state index contributed by atoms with van der Waals surface area (Å²) in [6.45, 7) is 1.52. The number of nitrogens with zero attached hydrogens (tertiary/aromatic N) is 1. The summed E-state index contributed by atoms with van der Waals surface area (Å²) in [6, 6.07) is 0. The Labute approximate surface area is 70.8 Å². The molecule has 0 amide bonds. The molecule has 1 rings (SSSR count). The molecule has 0 bridgehead atoms. The summed E-state index contributed by atoms with van der Waals surface area (Å²) in [6.07, 6.45) is 1.92. The van der Waals surface area contributed by atoms with Crippen LogP contribution in [-0.4, -0.2) is 16.0 Å². The van der Waals surface area contributed by atoms with E-state index in [1.807, 2.05) is 0 Å². The highest BCUT2D eigenvalue weighted by atomic mass is 35.5. The van der Waals surface area contributed by atoms with E-state index in [0.717, 1.165) is 5.56 Å². The van der Waals surface area contributed by atoms with Crippen molar-refractivity contribution >= 4 is 17.4 Å². The SMILES string of the molecule is C.CC(=O)Cc1cn[nH]c1Cl. The van der Waals surface area contributed by atoms with E-state index in [-0.39, 0.29) is 13.2 Å². The molecule has 1 heterocycles. The fourth-order valence-corrected chi connectivity index (χ4v) is 0.851. The van der Waals surface area contributed by atoms with Crippen molar-refractivity contribution in [3.05, 3.63) is 16.9 Å². The molecule has 3 nitrogen and oxygen atoms in total. The standard InChI is InChI=1S/C6H7ClN2O.CH4/c1-4(10)2-5-3-8-9-6(5)7;/h3H,2H2,1H3,(H,8,9);1H4. The van der Waals surface area contributed by atoms with Crippen molar-refractivity contribution < 1.29 is 4.79 Å². The van der Waals surface area contributed by atoms with Crippen molar-refractivity contribution in [1.82, 2.24) is 10.2 Å². The summed E-state index contributed by atoms with van der Waals surface area (Å²) in [5.74, 6) is 0.0864. The summed E-state index contributed by atoms with van der Waals surface area (Å²) in [4.78, 5) is 10.6. The third-order valence-electron chi connectivity index (χ3n) is 1.10. The second-order valence-electron chi connectivity index (χ2n) is 2.09. The molecule has 1 aromatic rings. The smallest absolute Gasteiger partial charge is 0.134 e. The molecule has 62 valence electrons. The van der Waals surface area contributed by atoms with Gasteiger partial charge in [0.25, 0.3) is 0 Å². The number of aromatic amines is 1. The first-order valence-electron chi connectivity index (χ1n) is 2.87. The third-order valence-corrected chi connectivity index (χ3v) is 1.43. The fraction of sp³-hybridized carbons (Fsp3) is 0.429. The molecule has 0 atom stereocenters. The van der Waals surface area contributed by atoms with Crippen molar-refractivity contribution in [1.29, 1.82) is 0 Å². The second kappa shape index (κ2) is 4.13. The summed E-state index contributed by atoms with van der Waals surface area (Å²) >= 11 is 5.61. The van der Waals surface area contributed by atoms with Crippen LogP contribution < -0.4 is 0 Å². The van der Waals surface area contributed by atoms with Gasteiger partial charge >= 0.3 is 0 Å². The quantitative estimate of drug-likeness (QED) is 0.744. The number of rotatable bonds is 2. The van der Waals surface area contributed by atoms with E-state index in [9.17, 15) is 4.79 Å². The predicted octanol–water partition coefficient (Wildman–Crippen LogP) is 1.83. The van der Waals surface area contributed by atoms with Gasteiger partial charge in [0.05, 0.1) is 6.20 Å². The van der Waals surface area contributed by atoms with Gasteiger partial charge in [-0.2, -0.15) is 5.10 Å². The Hall–Kier alpha value is -0.830. The fourth-order valence-electron chi connectivity index (χ4n) is 0.687. The minimum atomic E-state index is 0. The van der Waals surface area contributed by atoms with Gasteiger partial charge in [0.2, 0.25) is 0 Å². The molecule has 0 aliphatic heterocycles. The zero-order valence-corrected chi connectivity index (χ0v) is 6.27. The topological polar surface area (TPSA) is 45.8 Å². The lowest BCUT2D eigenvalue weighted by Gasteiger charge is -1.89. The Balaban J connectivity index is 0.000001000. The summed E-state index contributed by atoms with van der Waals surface area (Å²) < 4.78 is 0. The average molecular weight is 175 g/mol. The van der Waals surface area contributed by atoms with Crippen LogP contribution in [0.2, 0.25) is 5.15 Å². The maximum atomic E-state index is 10.6. The monoisotopic (exact) mass is 174 g/mol. The van der Waals surface area contributed by atoms with Crippen molar-refractivity contribution in [3.8, 4) is 0 Å². The number of nitrogens with one attached hydrogen (secondary N) is 1. The first kappa shape index (κ1) is 10.2. The van der Waals surface area contributed by atoms with Crippen LogP contribution in [-0.2, 0) is 11.2 Å². The number of hydrogen-bond acceptors (Lipinski definition) is 2. The predicted molar refractivity (Wildman–Crippen MR) is 44.7 cm³/mol. The molecule has 0 radical (unpaired) electrons. The van der Waals surface area contributed by atoms with Crippen molar-refractivity contribution in [2.24, 2.45) is 0 Å². The van der Waals surface area contributed by atoms with Gasteiger partial charge in [-0.05, 0) is 6.92 Å². The molecule has 0 aliphatic carbocycles. The number of carbonyl (C=O) groups is 1. The molecule has 1 N–H and O–H groups in total. The molecule has 1 aromatic heterocycles. The van der Waals surface area contributed by atoms with Gasteiger partial charge in [-0.3, -0.25) is 9.89 Å². The first-order valence-corrected chi connectivity index (χ1v) is 3.25. The number of Topliss-reactive ketones (excluding diaryl/α,β-unsaturated/α-hetero) is 1. The summed E-state index contributed by atoms with van der Waals surface area (Å²) in [7, 11) is 0. The Morgan fingerprint density at radius 1 is 1.82 bits per heavy atom. The van der Waals surface area contributed by atoms with Gasteiger partial charge in [0, 0.05) is 12.0 Å². The Kier molecular flexibility index (Phi) is 3.82. The van der Waals surface area contributed by atoms with Crippen molar-refractivity contribution in [3.63, 3.8) is 0 Å². The van der Waals surface area contributed by atoms with Crippen molar-refractivity contribution in [2.45, 2.75) is 20.8 Å². The highest BCUT2D eigenvalue weighted by molar-refractivity contribution is 6.30. The van der Waals surface area contributed by atoms with E-state index in [0.29, 0.717) is 11.6 Å². The number of ketones is 1. The highest BCUT2D eigenvalue weighted by Gasteiger charge is 2.03. The molecule has 0 aromatic carbocycles. The molecule has 11 heavy (non-hydrogen) atoms. The van der Waals surface area contributed by atoms with Gasteiger partial charge < -0.3 is 0 Å². The first-order chi connectivity index (χ1) is 4.70. The van der Waals surface area contributed by atoms with Crippen LogP contribution >= 0.6 is 11.6 Å². The van der Waals surface area contributed by atoms with Gasteiger partial charge in [-0.1, -0.05) is 19.0 Å². The summed E-state index contributed by atoms with van der Waals surface area (Å²) in [5, 5.41) is 6.66. The Morgan fingerprint density at radius 2 is 2.45 bits per heavy atom. The second-order valence-corrected chi connectivity index (χ2v) is 2.47. The third kappa shape index (κ3) is 2.72. The van der Waals surface area contributed by atoms with Crippen LogP contribution in [0, 0.1) is 0 Å². The summed E-state index contributed by atoms with van der Waals surface area (Å²) in [5.41, 5.74) is 0.758. The molecule has 0 saturated heterocycles. The zero-order chi connectivity index (χ0) is 7.56. The molecule has 0 fully saturated rings. The number of halogens is 1. The number of carbonyl (C=O) groups excluding carboxylic acids is 1. The van der Waals surface area contributed by atoms with E-state index in [2.05, 4.69) is 10.2 Å². The Bertz CT molecular complexity index is 244. The van der Waals surface area contributed by atoms with Crippen LogP contribution in [0.5, 0.6) is 0 Å². The van der Waals surface area contributed by atoms with E-state index < -0.39 is 0 Å². The van der Waals surface area contributed by atoms with Crippen LogP contribution in [0.3, 0.4) is 0 Å². The number of aromatic nitrogens is 2. The maximum Gasteiger partial charge on any atom is 0.134 e. The largest absolute Gasteiger partial charge is 0.300 e. The van der Waals surface area contributed by atoms with E-state index in [1.165, 1.54) is 6.92 Å². The van der Waals surface area contributed by atoms with Crippen LogP contribution in [0.15, 0.2) is 6.20 Å². The van der Waals surface area contributed by atoms with E-state index >= 15 is 0 Å². The number of hydrogen-bond donors (Lipinski definition) is 1. The van der Waals surface area contributed by atoms with Crippen LogP contribution in [0.25, 0.3) is 0 Å². The van der Waals surface area contributed by atoms with Crippen LogP contribution in [0.4, 0.5) is 0 Å². The molecule has 0 spiro atoms. The zero-order valence-electron chi connectivity index (χ0n) is 5.52. The van der Waals surface area contributed by atoms with Gasteiger partial charge in [-0.25, -0.2) is 0 Å². The lowest BCUT2D eigenvalue weighted by Crippen LogP contribution is -1.94. The molecular formula is C7H11ClN2O. The van der Waals surface area contributed by atoms with Crippen LogP contribution in [0.1, 0.15) is 19.9 Å². The number of H-pyrrole nitrogens is 1. The lowest BCUT2D eigenvalue weighted by atomic mass is 10.2. The lowest BCUT2D eigenvalue weighted by molar-refractivity contribution is -0.116. The molecular weight excluding hydrogens is 164 g/mol. The van der Waals surface area contributed by atoms with Crippen molar-refractivity contribution in [2.75, 3.05) is 0 Å². The molecule has 0 saturated carbocycles. The minimum absolute atomic E-state index is 0. The maximum absolute atomic E-state index is 10.6.